The molecule has 0 bridgehead atoms. The number of benzene rings is 1. The van der Waals surface area contributed by atoms with Crippen molar-refractivity contribution in [2.45, 2.75) is 6.42 Å². The lowest BCUT2D eigenvalue weighted by Gasteiger charge is -1.99. The smallest absolute Gasteiger partial charge is 0.245 e. The standard InChI is InChI=1S/C12H10N2O3S/c15-11(5-12(16)17)14-13-6-8-7-18-10-4-2-1-3-9(8)10/h1-4,6-7H,5H2,(H,14,15)(H,16,17)/p-1/b13-6+. The molecule has 0 radical (unpaired) electrons. The van der Waals surface area contributed by atoms with E-state index in [1.807, 2.05) is 29.6 Å². The highest BCUT2D eigenvalue weighted by Gasteiger charge is 2.01. The number of hydrogen-bond donors (Lipinski definition) is 1. The summed E-state index contributed by atoms with van der Waals surface area (Å²) in [6.07, 6.45) is 0.799. The van der Waals surface area contributed by atoms with E-state index in [1.165, 1.54) is 6.21 Å². The molecule has 2 rings (SSSR count). The Kier molecular flexibility index (Phi) is 3.69. The van der Waals surface area contributed by atoms with Gasteiger partial charge in [0.1, 0.15) is 0 Å². The molecule has 2 aromatic rings. The first-order valence-corrected chi connectivity index (χ1v) is 6.03. The van der Waals surface area contributed by atoms with Crippen molar-refractivity contribution in [2.24, 2.45) is 5.10 Å². The fourth-order valence-electron chi connectivity index (χ4n) is 1.44. The zero-order valence-corrected chi connectivity index (χ0v) is 10.1. The van der Waals surface area contributed by atoms with Crippen LogP contribution in [0.15, 0.2) is 34.7 Å². The molecule has 92 valence electrons. The number of carboxylic acid groups (broad SMARTS) is 1. The molecule has 0 aliphatic carbocycles. The maximum Gasteiger partial charge on any atom is 0.245 e. The molecule has 0 saturated heterocycles. The fraction of sp³-hybridized carbons (Fsp3) is 0.0833. The maximum atomic E-state index is 11.0. The van der Waals surface area contributed by atoms with E-state index in [-0.39, 0.29) is 0 Å². The Hall–Kier alpha value is -2.21. The summed E-state index contributed by atoms with van der Waals surface area (Å²) in [6, 6.07) is 7.81. The van der Waals surface area contributed by atoms with Gasteiger partial charge in [-0.05, 0) is 6.07 Å². The van der Waals surface area contributed by atoms with Crippen molar-refractivity contribution in [1.29, 1.82) is 0 Å². The number of rotatable bonds is 4. The first kappa shape index (κ1) is 12.3. The number of carbonyl (C=O) groups excluding carboxylic acids is 2. The van der Waals surface area contributed by atoms with E-state index >= 15 is 0 Å². The molecule has 1 N–H and O–H groups in total. The van der Waals surface area contributed by atoms with Crippen molar-refractivity contribution in [3.05, 3.63) is 35.2 Å². The zero-order chi connectivity index (χ0) is 13.0. The highest BCUT2D eigenvalue weighted by molar-refractivity contribution is 7.17. The van der Waals surface area contributed by atoms with E-state index in [4.69, 9.17) is 0 Å². The number of amides is 1. The molecule has 1 aromatic carbocycles. The number of hydrogen-bond acceptors (Lipinski definition) is 5. The van der Waals surface area contributed by atoms with Crippen molar-refractivity contribution >= 4 is 39.5 Å². The summed E-state index contributed by atoms with van der Waals surface area (Å²) in [5.74, 6) is -2.13. The molecule has 0 aliphatic rings. The molecule has 1 heterocycles. The molecule has 1 aromatic heterocycles. The van der Waals surface area contributed by atoms with Gasteiger partial charge in [0.05, 0.1) is 18.6 Å². The topological polar surface area (TPSA) is 81.6 Å². The summed E-state index contributed by atoms with van der Waals surface area (Å²) >= 11 is 1.58. The summed E-state index contributed by atoms with van der Waals surface area (Å²) in [5.41, 5.74) is 3.01. The highest BCUT2D eigenvalue weighted by atomic mass is 32.1. The number of hydrazone groups is 1. The number of thiophene rings is 1. The van der Waals surface area contributed by atoms with E-state index in [0.717, 1.165) is 15.6 Å². The van der Waals surface area contributed by atoms with Gasteiger partial charge in [0, 0.05) is 21.0 Å². The van der Waals surface area contributed by atoms with Gasteiger partial charge in [-0.2, -0.15) is 5.10 Å². The Bertz CT molecular complexity index is 619. The van der Waals surface area contributed by atoms with Gasteiger partial charge in [-0.3, -0.25) is 4.79 Å². The average Bonchev–Trinajstić information content (AvgIpc) is 2.72. The third kappa shape index (κ3) is 2.92. The Morgan fingerprint density at radius 3 is 2.94 bits per heavy atom. The summed E-state index contributed by atoms with van der Waals surface area (Å²) < 4.78 is 1.13. The third-order valence-electron chi connectivity index (χ3n) is 2.21. The largest absolute Gasteiger partial charge is 0.550 e. The van der Waals surface area contributed by atoms with Crippen LogP contribution < -0.4 is 10.5 Å². The molecule has 6 heteroatoms. The molecule has 0 spiro atoms. The first-order chi connectivity index (χ1) is 8.66. The second-order valence-electron chi connectivity index (χ2n) is 3.53. The molecule has 0 aliphatic heterocycles. The minimum Gasteiger partial charge on any atom is -0.550 e. The van der Waals surface area contributed by atoms with Crippen LogP contribution in [0.4, 0.5) is 0 Å². The average molecular weight is 261 g/mol. The molecule has 0 unspecified atom stereocenters. The van der Waals surface area contributed by atoms with Crippen molar-refractivity contribution in [2.75, 3.05) is 0 Å². The summed E-state index contributed by atoms with van der Waals surface area (Å²) in [4.78, 5) is 21.2. The zero-order valence-electron chi connectivity index (χ0n) is 9.25. The second-order valence-corrected chi connectivity index (χ2v) is 4.44. The Morgan fingerprint density at radius 1 is 1.39 bits per heavy atom. The van der Waals surface area contributed by atoms with E-state index < -0.39 is 18.3 Å². The fourth-order valence-corrected chi connectivity index (χ4v) is 2.35. The van der Waals surface area contributed by atoms with Gasteiger partial charge >= 0.3 is 0 Å². The SMILES string of the molecule is O=C([O-])CC(=O)N/N=C/c1csc2ccccc12. The van der Waals surface area contributed by atoms with Gasteiger partial charge in [0.15, 0.2) is 0 Å². The van der Waals surface area contributed by atoms with Crippen LogP contribution in [0.25, 0.3) is 10.1 Å². The molecular formula is C12H9N2O3S-. The lowest BCUT2D eigenvalue weighted by atomic mass is 10.2. The number of nitrogens with zero attached hydrogens (tertiary/aromatic N) is 1. The van der Waals surface area contributed by atoms with E-state index in [9.17, 15) is 14.7 Å². The van der Waals surface area contributed by atoms with Gasteiger partial charge in [0.25, 0.3) is 0 Å². The van der Waals surface area contributed by atoms with Crippen LogP contribution in [0.5, 0.6) is 0 Å². The minimum absolute atomic E-state index is 0.693. The van der Waals surface area contributed by atoms with Crippen LogP contribution in [0.1, 0.15) is 12.0 Å². The van der Waals surface area contributed by atoms with Crippen LogP contribution in [0.3, 0.4) is 0 Å². The predicted molar refractivity (Wildman–Crippen MR) is 67.2 cm³/mol. The maximum absolute atomic E-state index is 11.0. The normalized spacial score (nSPS) is 10.9. The van der Waals surface area contributed by atoms with Crippen LogP contribution in [0.2, 0.25) is 0 Å². The van der Waals surface area contributed by atoms with Crippen molar-refractivity contribution in [1.82, 2.24) is 5.43 Å². The van der Waals surface area contributed by atoms with Gasteiger partial charge in [-0.15, -0.1) is 11.3 Å². The monoisotopic (exact) mass is 261 g/mol. The molecule has 0 saturated carbocycles. The summed E-state index contributed by atoms with van der Waals surface area (Å²) in [7, 11) is 0. The van der Waals surface area contributed by atoms with Crippen molar-refractivity contribution in [3.63, 3.8) is 0 Å². The first-order valence-electron chi connectivity index (χ1n) is 5.15. The summed E-state index contributed by atoms with van der Waals surface area (Å²) in [5, 5.41) is 16.8. The van der Waals surface area contributed by atoms with Gasteiger partial charge in [-0.25, -0.2) is 5.43 Å². The second kappa shape index (κ2) is 5.42. The summed E-state index contributed by atoms with van der Waals surface area (Å²) in [6.45, 7) is 0. The van der Waals surface area contributed by atoms with E-state index in [2.05, 4.69) is 10.5 Å². The quantitative estimate of drug-likeness (QED) is 0.494. The molecule has 5 nitrogen and oxygen atoms in total. The molecule has 0 fully saturated rings. The Labute approximate surface area is 107 Å². The Balaban J connectivity index is 2.05. The van der Waals surface area contributed by atoms with E-state index in [0.29, 0.717) is 0 Å². The number of nitrogens with one attached hydrogen (secondary N) is 1. The van der Waals surface area contributed by atoms with Crippen LogP contribution in [0, 0.1) is 0 Å². The number of aliphatic carboxylic acids is 1. The van der Waals surface area contributed by atoms with Crippen LogP contribution in [-0.2, 0) is 9.59 Å². The molecule has 1 amide bonds. The minimum atomic E-state index is -1.43. The molecular weight excluding hydrogens is 252 g/mol. The van der Waals surface area contributed by atoms with Gasteiger partial charge in [0.2, 0.25) is 5.91 Å². The lowest BCUT2D eigenvalue weighted by Crippen LogP contribution is -2.30. The number of fused-ring (bicyclic) bond motifs is 1. The number of carbonyl (C=O) groups is 2. The third-order valence-corrected chi connectivity index (χ3v) is 3.19. The molecule has 18 heavy (non-hydrogen) atoms. The molecule has 0 atom stereocenters. The van der Waals surface area contributed by atoms with Crippen LogP contribution in [-0.4, -0.2) is 18.1 Å². The van der Waals surface area contributed by atoms with Crippen LogP contribution >= 0.6 is 11.3 Å². The number of carboxylic acids is 1. The predicted octanol–water partition coefficient (Wildman–Crippen LogP) is 0.491. The van der Waals surface area contributed by atoms with Crippen molar-refractivity contribution < 1.29 is 14.7 Å². The Morgan fingerprint density at radius 2 is 2.17 bits per heavy atom. The van der Waals surface area contributed by atoms with Gasteiger partial charge < -0.3 is 9.90 Å². The van der Waals surface area contributed by atoms with Gasteiger partial charge in [-0.1, -0.05) is 18.2 Å². The van der Waals surface area contributed by atoms with Crippen molar-refractivity contribution in [3.8, 4) is 0 Å². The van der Waals surface area contributed by atoms with E-state index in [1.54, 1.807) is 11.3 Å². The lowest BCUT2D eigenvalue weighted by molar-refractivity contribution is -0.304. The highest BCUT2D eigenvalue weighted by Crippen LogP contribution is 2.23.